The highest BCUT2D eigenvalue weighted by molar-refractivity contribution is 7.11. The van der Waals surface area contributed by atoms with Crippen molar-refractivity contribution in [2.75, 3.05) is 13.1 Å². The molecule has 172 valence electrons. The second-order valence-corrected chi connectivity index (χ2v) is 9.65. The topological polar surface area (TPSA) is 121 Å². The van der Waals surface area contributed by atoms with Crippen molar-refractivity contribution in [3.05, 3.63) is 45.8 Å². The van der Waals surface area contributed by atoms with Gasteiger partial charge < -0.3 is 9.64 Å². The number of thiazole rings is 1. The van der Waals surface area contributed by atoms with Gasteiger partial charge in [-0.05, 0) is 39.7 Å². The molecule has 0 N–H and O–H groups in total. The highest BCUT2D eigenvalue weighted by Gasteiger charge is 2.25. The molecule has 0 aliphatic carbocycles. The normalized spacial score (nSPS) is 15.3. The second-order valence-electron chi connectivity index (χ2n) is 8.39. The molecule has 5 rings (SSSR count). The lowest BCUT2D eigenvalue weighted by Gasteiger charge is -2.28. The van der Waals surface area contributed by atoms with Gasteiger partial charge in [-0.3, -0.25) is 4.40 Å². The van der Waals surface area contributed by atoms with Crippen molar-refractivity contribution in [1.29, 1.82) is 10.5 Å². The molecule has 4 aromatic rings. The number of nitriles is 2. The summed E-state index contributed by atoms with van der Waals surface area (Å²) in [5, 5.41) is 28.5. The number of aryl methyl sites for hydroxylation is 1. The van der Waals surface area contributed by atoms with Crippen molar-refractivity contribution in [3.8, 4) is 29.4 Å². The molecule has 1 fully saturated rings. The van der Waals surface area contributed by atoms with E-state index in [2.05, 4.69) is 32.5 Å². The van der Waals surface area contributed by atoms with Crippen LogP contribution in [0.25, 0.3) is 16.9 Å². The number of likely N-dealkylation sites (tertiary alicyclic amines) is 1. The summed E-state index contributed by atoms with van der Waals surface area (Å²) in [5.74, 6) is 0.498. The van der Waals surface area contributed by atoms with E-state index in [1.807, 2.05) is 43.8 Å². The minimum atomic E-state index is -0.298. The number of piperidine rings is 1. The number of rotatable bonds is 5. The number of pyridine rings is 1. The van der Waals surface area contributed by atoms with Crippen molar-refractivity contribution < 1.29 is 4.74 Å². The standard InChI is InChI=1S/C23H23N9OS/c1-14-11-27-23(34-14)16(3)33-21-9-17(8-20-26-12-19(10-24)31(20)21)22-15(2)32(29-28-22)18-4-6-30(13-25)7-5-18/h8-9,11-12,16,18H,4-7H2,1-3H3. The number of hydrogen-bond donors (Lipinski definition) is 0. The number of ether oxygens (including phenoxy) is 1. The first-order valence-electron chi connectivity index (χ1n) is 11.1. The van der Waals surface area contributed by atoms with Crippen LogP contribution in [0.5, 0.6) is 5.88 Å². The molecule has 4 aromatic heterocycles. The number of hydrogen-bond acceptors (Lipinski definition) is 9. The Morgan fingerprint density at radius 2 is 1.94 bits per heavy atom. The fraction of sp³-hybridized carbons (Fsp3) is 0.391. The van der Waals surface area contributed by atoms with Crippen LogP contribution in [0.15, 0.2) is 24.5 Å². The molecule has 1 aliphatic heterocycles. The van der Waals surface area contributed by atoms with Crippen LogP contribution < -0.4 is 4.74 Å². The van der Waals surface area contributed by atoms with Crippen LogP contribution in [0.1, 0.15) is 53.2 Å². The largest absolute Gasteiger partial charge is 0.468 e. The molecule has 11 heteroatoms. The highest BCUT2D eigenvalue weighted by Crippen LogP contribution is 2.33. The fourth-order valence-corrected chi connectivity index (χ4v) is 5.09. The quantitative estimate of drug-likeness (QED) is 0.401. The molecule has 5 heterocycles. The molecular weight excluding hydrogens is 450 g/mol. The summed E-state index contributed by atoms with van der Waals surface area (Å²) >= 11 is 1.58. The third-order valence-corrected chi connectivity index (χ3v) is 7.20. The van der Waals surface area contributed by atoms with Crippen LogP contribution in [-0.2, 0) is 0 Å². The Kier molecular flexibility index (Phi) is 5.64. The smallest absolute Gasteiger partial charge is 0.201 e. The van der Waals surface area contributed by atoms with Gasteiger partial charge in [-0.1, -0.05) is 5.21 Å². The van der Waals surface area contributed by atoms with Crippen LogP contribution >= 0.6 is 11.3 Å². The first kappa shape index (κ1) is 21.9. The molecule has 0 amide bonds. The average molecular weight is 474 g/mol. The summed E-state index contributed by atoms with van der Waals surface area (Å²) in [6.07, 6.45) is 6.98. The Labute approximate surface area is 200 Å². The maximum atomic E-state index is 9.59. The zero-order chi connectivity index (χ0) is 23.8. The molecule has 0 spiro atoms. The van der Waals surface area contributed by atoms with Gasteiger partial charge in [0.25, 0.3) is 0 Å². The van der Waals surface area contributed by atoms with Crippen LogP contribution in [0.3, 0.4) is 0 Å². The number of nitrogens with zero attached hydrogens (tertiary/aromatic N) is 9. The second kappa shape index (κ2) is 8.76. The Morgan fingerprint density at radius 3 is 2.62 bits per heavy atom. The van der Waals surface area contributed by atoms with E-state index in [0.717, 1.165) is 52.8 Å². The van der Waals surface area contributed by atoms with Gasteiger partial charge in [-0.25, -0.2) is 14.6 Å². The van der Waals surface area contributed by atoms with Gasteiger partial charge >= 0.3 is 0 Å². The molecule has 1 aliphatic rings. The zero-order valence-corrected chi connectivity index (χ0v) is 20.0. The summed E-state index contributed by atoms with van der Waals surface area (Å²) in [7, 11) is 0. The monoisotopic (exact) mass is 473 g/mol. The molecular formula is C23H23N9OS. The lowest BCUT2D eigenvalue weighted by Crippen LogP contribution is -2.31. The fourth-order valence-electron chi connectivity index (χ4n) is 4.34. The summed E-state index contributed by atoms with van der Waals surface area (Å²) in [4.78, 5) is 11.7. The third kappa shape index (κ3) is 3.84. The molecule has 0 bridgehead atoms. The van der Waals surface area contributed by atoms with E-state index in [1.165, 1.54) is 6.20 Å². The maximum absolute atomic E-state index is 9.59. The Morgan fingerprint density at radius 1 is 1.15 bits per heavy atom. The van der Waals surface area contributed by atoms with E-state index >= 15 is 0 Å². The van der Waals surface area contributed by atoms with Crippen molar-refractivity contribution >= 4 is 17.0 Å². The van der Waals surface area contributed by atoms with Crippen LogP contribution in [0.2, 0.25) is 0 Å². The van der Waals surface area contributed by atoms with Crippen LogP contribution in [-0.4, -0.2) is 47.4 Å². The predicted octanol–water partition coefficient (Wildman–Crippen LogP) is 3.80. The van der Waals surface area contributed by atoms with E-state index in [1.54, 1.807) is 20.6 Å². The van der Waals surface area contributed by atoms with Gasteiger partial charge in [-0.2, -0.15) is 10.5 Å². The number of fused-ring (bicyclic) bond motifs is 1. The average Bonchev–Trinajstić information content (AvgIpc) is 3.57. The molecule has 10 nitrogen and oxygen atoms in total. The van der Waals surface area contributed by atoms with Crippen molar-refractivity contribution in [3.63, 3.8) is 0 Å². The van der Waals surface area contributed by atoms with Gasteiger partial charge in [0, 0.05) is 35.8 Å². The molecule has 1 atom stereocenters. The minimum Gasteiger partial charge on any atom is -0.468 e. The Bertz CT molecular complexity index is 1430. The lowest BCUT2D eigenvalue weighted by molar-refractivity contribution is 0.214. The molecule has 1 unspecified atom stereocenters. The molecule has 1 saturated heterocycles. The van der Waals surface area contributed by atoms with E-state index in [9.17, 15) is 5.26 Å². The van der Waals surface area contributed by atoms with E-state index in [0.29, 0.717) is 17.2 Å². The predicted molar refractivity (Wildman–Crippen MR) is 125 cm³/mol. The van der Waals surface area contributed by atoms with Crippen LogP contribution in [0, 0.1) is 36.6 Å². The summed E-state index contributed by atoms with van der Waals surface area (Å²) in [6, 6.07) is 6.16. The Hall–Kier alpha value is -3.96. The first-order valence-corrected chi connectivity index (χ1v) is 11.9. The SMILES string of the molecule is Cc1cnc(C(C)Oc2cc(-c3nnn(C4CCN(C#N)CC4)c3C)cc3ncc(C#N)n23)s1. The maximum Gasteiger partial charge on any atom is 0.201 e. The van der Waals surface area contributed by atoms with Crippen molar-refractivity contribution in [1.82, 2.24) is 34.3 Å². The van der Waals surface area contributed by atoms with E-state index in [4.69, 9.17) is 10.00 Å². The minimum absolute atomic E-state index is 0.204. The van der Waals surface area contributed by atoms with Gasteiger partial charge in [0.05, 0.1) is 17.9 Å². The van der Waals surface area contributed by atoms with Gasteiger partial charge in [0.1, 0.15) is 34.2 Å². The molecule has 0 aromatic carbocycles. The number of imidazole rings is 1. The summed E-state index contributed by atoms with van der Waals surface area (Å²) < 4.78 is 9.97. The van der Waals surface area contributed by atoms with Gasteiger partial charge in [-0.15, -0.1) is 16.4 Å². The number of aromatic nitrogens is 6. The molecule has 0 saturated carbocycles. The summed E-state index contributed by atoms with van der Waals surface area (Å²) in [5.41, 5.74) is 3.50. The van der Waals surface area contributed by atoms with E-state index < -0.39 is 0 Å². The highest BCUT2D eigenvalue weighted by atomic mass is 32.1. The van der Waals surface area contributed by atoms with Gasteiger partial charge in [0.2, 0.25) is 5.88 Å². The van der Waals surface area contributed by atoms with Crippen molar-refractivity contribution in [2.45, 2.75) is 45.8 Å². The molecule has 0 radical (unpaired) electrons. The lowest BCUT2D eigenvalue weighted by atomic mass is 10.0. The summed E-state index contributed by atoms with van der Waals surface area (Å²) in [6.45, 7) is 7.39. The van der Waals surface area contributed by atoms with E-state index in [-0.39, 0.29) is 12.1 Å². The Balaban J connectivity index is 1.52. The van der Waals surface area contributed by atoms with Crippen LogP contribution in [0.4, 0.5) is 0 Å². The first-order chi connectivity index (χ1) is 16.5. The molecule has 34 heavy (non-hydrogen) atoms. The zero-order valence-electron chi connectivity index (χ0n) is 19.1. The third-order valence-electron chi connectivity index (χ3n) is 6.12. The van der Waals surface area contributed by atoms with Crippen molar-refractivity contribution in [2.24, 2.45) is 0 Å². The van der Waals surface area contributed by atoms with Gasteiger partial charge in [0.15, 0.2) is 6.19 Å².